The van der Waals surface area contributed by atoms with Gasteiger partial charge in [0.25, 0.3) is 0 Å². The quantitative estimate of drug-likeness (QED) is 0.922. The molecule has 1 aromatic carbocycles. The average Bonchev–Trinajstić information content (AvgIpc) is 2.50. The lowest BCUT2D eigenvalue weighted by atomic mass is 9.56. The first-order valence-electron chi connectivity index (χ1n) is 8.72. The Morgan fingerprint density at radius 1 is 1.24 bits per heavy atom. The lowest BCUT2D eigenvalue weighted by Gasteiger charge is -2.61. The zero-order chi connectivity index (χ0) is 14.6. The number of benzene rings is 1. The molecule has 2 aliphatic heterocycles. The summed E-state index contributed by atoms with van der Waals surface area (Å²) in [6.07, 6.45) is 4.77. The molecular weight excluding hydrogens is 258 g/mol. The number of aliphatic hydroxyl groups is 1. The number of nitrogens with zero attached hydrogens (tertiary/aromatic N) is 1. The fourth-order valence-corrected chi connectivity index (χ4v) is 5.59. The average molecular weight is 285 g/mol. The van der Waals surface area contributed by atoms with Crippen LogP contribution in [0.5, 0.6) is 0 Å². The second-order valence-electron chi connectivity index (χ2n) is 7.42. The van der Waals surface area contributed by atoms with E-state index in [0.29, 0.717) is 12.0 Å². The second kappa shape index (κ2) is 5.10. The van der Waals surface area contributed by atoms with Crippen LogP contribution < -0.4 is 0 Å². The first kappa shape index (κ1) is 13.8. The Morgan fingerprint density at radius 3 is 2.81 bits per heavy atom. The van der Waals surface area contributed by atoms with Crippen LogP contribution in [-0.2, 0) is 6.42 Å². The van der Waals surface area contributed by atoms with Gasteiger partial charge < -0.3 is 5.11 Å². The molecule has 0 spiro atoms. The van der Waals surface area contributed by atoms with Crippen LogP contribution >= 0.6 is 0 Å². The van der Waals surface area contributed by atoms with E-state index in [0.717, 1.165) is 17.9 Å². The molecule has 4 bridgehead atoms. The monoisotopic (exact) mass is 285 g/mol. The summed E-state index contributed by atoms with van der Waals surface area (Å²) in [6, 6.07) is 10.4. The zero-order valence-electron chi connectivity index (χ0n) is 13.2. The molecule has 1 N–H and O–H groups in total. The van der Waals surface area contributed by atoms with Crippen molar-refractivity contribution < 1.29 is 5.11 Å². The number of hydrogen-bond acceptors (Lipinski definition) is 2. The highest BCUT2D eigenvalue weighted by atomic mass is 16.3. The predicted molar refractivity (Wildman–Crippen MR) is 85.4 cm³/mol. The van der Waals surface area contributed by atoms with Gasteiger partial charge in [-0.3, -0.25) is 4.90 Å². The Balaban J connectivity index is 1.73. The molecule has 2 heterocycles. The lowest BCUT2D eigenvalue weighted by Crippen LogP contribution is -2.65. The van der Waals surface area contributed by atoms with Crippen LogP contribution in [0.2, 0.25) is 0 Å². The van der Waals surface area contributed by atoms with E-state index >= 15 is 0 Å². The molecule has 0 radical (unpaired) electrons. The van der Waals surface area contributed by atoms with E-state index in [4.69, 9.17) is 0 Å². The highest BCUT2D eigenvalue weighted by molar-refractivity contribution is 5.37. The Kier molecular flexibility index (Phi) is 3.35. The number of fused-ring (bicyclic) bond motifs is 2. The normalized spacial score (nSPS) is 39.1. The van der Waals surface area contributed by atoms with E-state index in [2.05, 4.69) is 36.1 Å². The van der Waals surface area contributed by atoms with E-state index in [1.165, 1.54) is 32.2 Å². The molecule has 2 saturated heterocycles. The van der Waals surface area contributed by atoms with Gasteiger partial charge in [0.15, 0.2) is 0 Å². The molecule has 0 amide bonds. The number of hydrogen-bond donors (Lipinski definition) is 1. The van der Waals surface area contributed by atoms with Crippen molar-refractivity contribution in [3.05, 3.63) is 35.4 Å². The molecule has 3 fully saturated rings. The summed E-state index contributed by atoms with van der Waals surface area (Å²) in [6.45, 7) is 5.48. The SMILES string of the molecule is CCCN1C2CC3c4ccccc4CC1C3CC2C(C)O. The van der Waals surface area contributed by atoms with Crippen molar-refractivity contribution in [1.82, 2.24) is 4.90 Å². The van der Waals surface area contributed by atoms with Crippen LogP contribution in [-0.4, -0.2) is 34.7 Å². The molecule has 1 aromatic rings. The van der Waals surface area contributed by atoms with Crippen molar-refractivity contribution in [2.75, 3.05) is 6.54 Å². The van der Waals surface area contributed by atoms with Gasteiger partial charge in [0.2, 0.25) is 0 Å². The van der Waals surface area contributed by atoms with Crippen LogP contribution in [0.3, 0.4) is 0 Å². The third kappa shape index (κ3) is 1.99. The van der Waals surface area contributed by atoms with Gasteiger partial charge in [0.1, 0.15) is 0 Å². The van der Waals surface area contributed by atoms with E-state index in [1.54, 1.807) is 11.1 Å². The lowest BCUT2D eigenvalue weighted by molar-refractivity contribution is -0.100. The zero-order valence-corrected chi connectivity index (χ0v) is 13.2. The molecular formula is C19H27NO. The standard InChI is InChI=1S/C19H27NO/c1-3-8-20-18-9-13-6-4-5-7-14(13)16-11-19(20)15(12(2)21)10-17(16)18/h4-7,12,15-19,21H,3,8-11H2,1-2H3. The van der Waals surface area contributed by atoms with Gasteiger partial charge in [-0.1, -0.05) is 31.2 Å². The van der Waals surface area contributed by atoms with Gasteiger partial charge in [0, 0.05) is 18.0 Å². The molecule has 1 saturated carbocycles. The highest BCUT2D eigenvalue weighted by Crippen LogP contribution is 2.55. The maximum Gasteiger partial charge on any atom is 0.0555 e. The van der Waals surface area contributed by atoms with Crippen molar-refractivity contribution in [2.45, 2.75) is 63.6 Å². The van der Waals surface area contributed by atoms with E-state index in [9.17, 15) is 5.11 Å². The summed E-state index contributed by atoms with van der Waals surface area (Å²) in [5.74, 6) is 1.99. The highest BCUT2D eigenvalue weighted by Gasteiger charge is 2.54. The fourth-order valence-electron chi connectivity index (χ4n) is 5.59. The Labute approximate surface area is 128 Å². The summed E-state index contributed by atoms with van der Waals surface area (Å²) in [4.78, 5) is 2.76. The van der Waals surface area contributed by atoms with Crippen molar-refractivity contribution in [3.8, 4) is 0 Å². The van der Waals surface area contributed by atoms with Gasteiger partial charge in [-0.2, -0.15) is 0 Å². The minimum atomic E-state index is -0.159. The summed E-state index contributed by atoms with van der Waals surface area (Å²) in [7, 11) is 0. The summed E-state index contributed by atoms with van der Waals surface area (Å²) in [5.41, 5.74) is 3.20. The minimum Gasteiger partial charge on any atom is -0.393 e. The van der Waals surface area contributed by atoms with Crippen LogP contribution in [0.4, 0.5) is 0 Å². The maximum absolute atomic E-state index is 10.2. The fraction of sp³-hybridized carbons (Fsp3) is 0.684. The Hall–Kier alpha value is -0.860. The van der Waals surface area contributed by atoms with Crippen LogP contribution in [0, 0.1) is 11.8 Å². The molecule has 6 atom stereocenters. The van der Waals surface area contributed by atoms with Crippen LogP contribution in [0.25, 0.3) is 0 Å². The molecule has 4 aliphatic rings. The van der Waals surface area contributed by atoms with Crippen LogP contribution in [0.15, 0.2) is 24.3 Å². The first-order valence-corrected chi connectivity index (χ1v) is 8.72. The molecule has 114 valence electrons. The van der Waals surface area contributed by atoms with Gasteiger partial charge in [-0.05, 0) is 62.1 Å². The minimum absolute atomic E-state index is 0.159. The van der Waals surface area contributed by atoms with Crippen molar-refractivity contribution >= 4 is 0 Å². The maximum atomic E-state index is 10.2. The second-order valence-corrected chi connectivity index (χ2v) is 7.42. The topological polar surface area (TPSA) is 23.5 Å². The summed E-state index contributed by atoms with van der Waals surface area (Å²) >= 11 is 0. The van der Waals surface area contributed by atoms with Crippen molar-refractivity contribution in [2.24, 2.45) is 11.8 Å². The van der Waals surface area contributed by atoms with Gasteiger partial charge >= 0.3 is 0 Å². The molecule has 2 aliphatic carbocycles. The van der Waals surface area contributed by atoms with E-state index in [-0.39, 0.29) is 6.10 Å². The molecule has 21 heavy (non-hydrogen) atoms. The number of rotatable bonds is 3. The number of aliphatic hydroxyl groups excluding tert-OH is 1. The Bertz CT molecular complexity index is 526. The Morgan fingerprint density at radius 2 is 2.05 bits per heavy atom. The molecule has 0 aromatic heterocycles. The largest absolute Gasteiger partial charge is 0.393 e. The predicted octanol–water partition coefficient (Wildman–Crippen LogP) is 3.20. The van der Waals surface area contributed by atoms with Crippen molar-refractivity contribution in [1.29, 1.82) is 0 Å². The van der Waals surface area contributed by atoms with Crippen LogP contribution in [0.1, 0.15) is 50.2 Å². The third-order valence-corrected chi connectivity index (χ3v) is 6.38. The summed E-state index contributed by atoms with van der Waals surface area (Å²) < 4.78 is 0. The van der Waals surface area contributed by atoms with Gasteiger partial charge in [-0.15, -0.1) is 0 Å². The smallest absolute Gasteiger partial charge is 0.0555 e. The third-order valence-electron chi connectivity index (χ3n) is 6.38. The first-order chi connectivity index (χ1) is 10.2. The van der Waals surface area contributed by atoms with E-state index in [1.807, 2.05) is 6.92 Å². The molecule has 6 unspecified atom stereocenters. The summed E-state index contributed by atoms with van der Waals surface area (Å²) in [5, 5.41) is 10.2. The molecule has 2 heteroatoms. The van der Waals surface area contributed by atoms with Crippen molar-refractivity contribution in [3.63, 3.8) is 0 Å². The number of piperidine rings is 2. The van der Waals surface area contributed by atoms with Gasteiger partial charge in [0.05, 0.1) is 6.10 Å². The van der Waals surface area contributed by atoms with E-state index < -0.39 is 0 Å². The van der Waals surface area contributed by atoms with Gasteiger partial charge in [-0.25, -0.2) is 0 Å². The molecule has 5 rings (SSSR count). The molecule has 2 nitrogen and oxygen atoms in total.